The third-order valence-corrected chi connectivity index (χ3v) is 2.86. The van der Waals surface area contributed by atoms with Crippen molar-refractivity contribution >= 4 is 17.2 Å². The summed E-state index contributed by atoms with van der Waals surface area (Å²) < 4.78 is 24.6. The van der Waals surface area contributed by atoms with Crippen molar-refractivity contribution in [3.63, 3.8) is 0 Å². The molecule has 1 heterocycles. The largest absolute Gasteiger partial charge is 0.330 e. The van der Waals surface area contributed by atoms with Gasteiger partial charge in [0.25, 0.3) is 5.91 Å². The van der Waals surface area contributed by atoms with Crippen LogP contribution in [0.2, 0.25) is 0 Å². The first kappa shape index (κ1) is 12.1. The minimum Gasteiger partial charge on any atom is -0.330 e. The van der Waals surface area contributed by atoms with Gasteiger partial charge in [-0.25, -0.2) is 0 Å². The highest BCUT2D eigenvalue weighted by molar-refractivity contribution is 7.09. The highest BCUT2D eigenvalue weighted by Crippen LogP contribution is 2.15. The number of carbonyl (C=O) groups is 1. The van der Waals surface area contributed by atoms with Crippen molar-refractivity contribution in [3.05, 3.63) is 22.4 Å². The third kappa shape index (κ3) is 3.27. The Morgan fingerprint density at radius 1 is 1.53 bits per heavy atom. The van der Waals surface area contributed by atoms with Crippen molar-refractivity contribution in [1.82, 2.24) is 4.90 Å². The maximum absolute atomic E-state index is 12.3. The van der Waals surface area contributed by atoms with E-state index in [1.165, 1.54) is 16.2 Å². The van der Waals surface area contributed by atoms with Gasteiger partial charge in [-0.1, -0.05) is 6.07 Å². The molecule has 0 spiro atoms. The van der Waals surface area contributed by atoms with Crippen molar-refractivity contribution in [2.45, 2.75) is 32.9 Å². The summed E-state index contributed by atoms with van der Waals surface area (Å²) in [5.74, 6) is -1.10. The Labute approximate surface area is 91.5 Å². The fourth-order valence-corrected chi connectivity index (χ4v) is 1.91. The summed E-state index contributed by atoms with van der Waals surface area (Å²) in [5.41, 5.74) is 0. The van der Waals surface area contributed by atoms with Crippen molar-refractivity contribution in [1.29, 1.82) is 0 Å². The second-order valence-corrected chi connectivity index (χ2v) is 4.47. The lowest BCUT2D eigenvalue weighted by atomic mass is 10.3. The maximum Gasteiger partial charge on any atom is 0.315 e. The van der Waals surface area contributed by atoms with Crippen molar-refractivity contribution in [2.24, 2.45) is 0 Å². The number of alkyl halides is 2. The average molecular weight is 233 g/mol. The number of hydrogen-bond acceptors (Lipinski definition) is 2. The van der Waals surface area contributed by atoms with E-state index in [0.717, 1.165) is 4.88 Å². The van der Waals surface area contributed by atoms with Crippen LogP contribution in [0.25, 0.3) is 0 Å². The second-order valence-electron chi connectivity index (χ2n) is 3.44. The zero-order valence-electron chi connectivity index (χ0n) is 8.61. The molecule has 1 aromatic heterocycles. The molecule has 0 aliphatic carbocycles. The minimum absolute atomic E-state index is 0.214. The fraction of sp³-hybridized carbons (Fsp3) is 0.500. The Kier molecular flexibility index (Phi) is 4.20. The van der Waals surface area contributed by atoms with Crippen LogP contribution >= 0.6 is 11.3 Å². The molecule has 1 aromatic rings. The number of nitrogens with zero attached hydrogens (tertiary/aromatic N) is 1. The van der Waals surface area contributed by atoms with Crippen LogP contribution in [-0.4, -0.2) is 23.3 Å². The Hall–Kier alpha value is -0.970. The fourth-order valence-electron chi connectivity index (χ4n) is 1.21. The van der Waals surface area contributed by atoms with Gasteiger partial charge >= 0.3 is 6.43 Å². The van der Waals surface area contributed by atoms with Crippen LogP contribution in [0, 0.1) is 0 Å². The maximum atomic E-state index is 12.3. The lowest BCUT2D eigenvalue weighted by molar-refractivity contribution is -0.145. The van der Waals surface area contributed by atoms with Gasteiger partial charge in [-0.2, -0.15) is 8.78 Å². The predicted molar refractivity (Wildman–Crippen MR) is 56.0 cm³/mol. The van der Waals surface area contributed by atoms with Gasteiger partial charge in [0, 0.05) is 10.9 Å². The molecule has 0 bridgehead atoms. The van der Waals surface area contributed by atoms with Crippen LogP contribution in [-0.2, 0) is 11.3 Å². The molecular formula is C10H13F2NOS. The molecule has 0 aromatic carbocycles. The molecule has 0 atom stereocenters. The summed E-state index contributed by atoms with van der Waals surface area (Å²) in [6, 6.07) is 3.46. The van der Waals surface area contributed by atoms with Crippen LogP contribution in [0.5, 0.6) is 0 Å². The molecule has 0 saturated heterocycles. The Bertz CT molecular complexity index is 311. The molecule has 2 nitrogen and oxygen atoms in total. The van der Waals surface area contributed by atoms with E-state index in [-0.39, 0.29) is 12.6 Å². The van der Waals surface area contributed by atoms with Crippen LogP contribution in [0.1, 0.15) is 18.7 Å². The summed E-state index contributed by atoms with van der Waals surface area (Å²) in [5, 5.41) is 1.86. The van der Waals surface area contributed by atoms with E-state index in [0.29, 0.717) is 0 Å². The molecule has 0 saturated carbocycles. The van der Waals surface area contributed by atoms with E-state index in [2.05, 4.69) is 0 Å². The van der Waals surface area contributed by atoms with Gasteiger partial charge in [0.2, 0.25) is 0 Å². The molecular weight excluding hydrogens is 220 g/mol. The Morgan fingerprint density at radius 3 is 2.60 bits per heavy atom. The molecule has 84 valence electrons. The Morgan fingerprint density at radius 2 is 2.20 bits per heavy atom. The van der Waals surface area contributed by atoms with Crippen LogP contribution in [0.4, 0.5) is 8.78 Å². The highest BCUT2D eigenvalue weighted by atomic mass is 32.1. The van der Waals surface area contributed by atoms with Crippen molar-refractivity contribution in [2.75, 3.05) is 0 Å². The summed E-state index contributed by atoms with van der Waals surface area (Å²) in [6.45, 7) is 3.72. The molecule has 0 aliphatic rings. The van der Waals surface area contributed by atoms with Gasteiger partial charge in [0.15, 0.2) is 0 Å². The molecule has 1 amide bonds. The molecule has 0 fully saturated rings. The summed E-state index contributed by atoms with van der Waals surface area (Å²) in [7, 11) is 0. The van der Waals surface area contributed by atoms with E-state index in [9.17, 15) is 13.6 Å². The number of thiophene rings is 1. The molecule has 0 aliphatic heterocycles. The number of halogens is 2. The molecule has 0 radical (unpaired) electrons. The average Bonchev–Trinajstić information content (AvgIpc) is 2.64. The normalized spacial score (nSPS) is 11.1. The first-order valence-electron chi connectivity index (χ1n) is 4.63. The van der Waals surface area contributed by atoms with E-state index in [4.69, 9.17) is 0 Å². The van der Waals surface area contributed by atoms with E-state index >= 15 is 0 Å². The van der Waals surface area contributed by atoms with Crippen molar-refractivity contribution < 1.29 is 13.6 Å². The second kappa shape index (κ2) is 5.21. The molecule has 1 rings (SSSR count). The SMILES string of the molecule is CC(C)N(Cc1cccs1)C(=O)C(F)F. The Balaban J connectivity index is 2.71. The van der Waals surface area contributed by atoms with Gasteiger partial charge < -0.3 is 4.90 Å². The van der Waals surface area contributed by atoms with Gasteiger partial charge in [0.1, 0.15) is 0 Å². The molecule has 0 unspecified atom stereocenters. The topological polar surface area (TPSA) is 20.3 Å². The predicted octanol–water partition coefficient (Wildman–Crippen LogP) is 2.75. The highest BCUT2D eigenvalue weighted by Gasteiger charge is 2.25. The third-order valence-electron chi connectivity index (χ3n) is 2.00. The number of amides is 1. The molecule has 15 heavy (non-hydrogen) atoms. The lowest BCUT2D eigenvalue weighted by Gasteiger charge is -2.25. The zero-order chi connectivity index (χ0) is 11.4. The van der Waals surface area contributed by atoms with Crippen molar-refractivity contribution in [3.8, 4) is 0 Å². The van der Waals surface area contributed by atoms with Gasteiger partial charge in [-0.05, 0) is 25.3 Å². The minimum atomic E-state index is -2.92. The number of hydrogen-bond donors (Lipinski definition) is 0. The number of carbonyl (C=O) groups excluding carboxylic acids is 1. The quantitative estimate of drug-likeness (QED) is 0.783. The van der Waals surface area contributed by atoms with E-state index in [1.807, 2.05) is 17.5 Å². The summed E-state index contributed by atoms with van der Waals surface area (Å²) in [6.07, 6.45) is -2.92. The molecule has 5 heteroatoms. The van der Waals surface area contributed by atoms with E-state index in [1.54, 1.807) is 13.8 Å². The van der Waals surface area contributed by atoms with Crippen LogP contribution in [0.3, 0.4) is 0 Å². The lowest BCUT2D eigenvalue weighted by Crippen LogP contribution is -2.39. The van der Waals surface area contributed by atoms with Gasteiger partial charge in [-0.3, -0.25) is 4.79 Å². The number of rotatable bonds is 4. The van der Waals surface area contributed by atoms with Gasteiger partial charge in [0.05, 0.1) is 6.54 Å². The van der Waals surface area contributed by atoms with E-state index < -0.39 is 12.3 Å². The standard InChI is InChI=1S/C10H13F2NOS/c1-7(2)13(10(14)9(11)12)6-8-4-3-5-15-8/h3-5,7,9H,6H2,1-2H3. The molecule has 0 N–H and O–H groups in total. The monoisotopic (exact) mass is 233 g/mol. The van der Waals surface area contributed by atoms with Crippen LogP contribution in [0.15, 0.2) is 17.5 Å². The summed E-state index contributed by atoms with van der Waals surface area (Å²) >= 11 is 1.46. The smallest absolute Gasteiger partial charge is 0.315 e. The first-order valence-corrected chi connectivity index (χ1v) is 5.51. The zero-order valence-corrected chi connectivity index (χ0v) is 9.43. The van der Waals surface area contributed by atoms with Crippen LogP contribution < -0.4 is 0 Å². The summed E-state index contributed by atoms with van der Waals surface area (Å²) in [4.78, 5) is 13.3. The van der Waals surface area contributed by atoms with Gasteiger partial charge in [-0.15, -0.1) is 11.3 Å². The first-order chi connectivity index (χ1) is 7.02.